The van der Waals surface area contributed by atoms with Gasteiger partial charge in [-0.3, -0.25) is 0 Å². The Morgan fingerprint density at radius 1 is 1.00 bits per heavy atom. The standard InChI is InChI=1S/C12H10Cl2N6S/c1-5-16-8(15-2)4-9(17-5)18-10-6(13)3-7(14)11-12(10)20-21-19-11/h3-4H,1-2H3,(H2,15,16,17,18). The summed E-state index contributed by atoms with van der Waals surface area (Å²) in [7, 11) is 1.80. The number of hydrogen-bond acceptors (Lipinski definition) is 6. The molecule has 0 saturated heterocycles. The fraction of sp³-hybridized carbons (Fsp3) is 0.167. The Hall–Kier alpha value is -1.70. The van der Waals surface area contributed by atoms with Gasteiger partial charge in [-0.05, 0) is 13.0 Å². The van der Waals surface area contributed by atoms with Crippen LogP contribution in [0.25, 0.3) is 0 Å². The minimum atomic E-state index is 0.461. The molecule has 6 nitrogen and oxygen atoms in total. The van der Waals surface area contributed by atoms with E-state index in [4.69, 9.17) is 23.2 Å². The lowest BCUT2D eigenvalue weighted by Gasteiger charge is -2.12. The van der Waals surface area contributed by atoms with Crippen molar-refractivity contribution >= 4 is 63.3 Å². The van der Waals surface area contributed by atoms with Gasteiger partial charge in [-0.2, -0.15) is 8.73 Å². The Kier molecular flexibility index (Phi) is 3.79. The Bertz CT molecular complexity index is 801. The van der Waals surface area contributed by atoms with Crippen molar-refractivity contribution in [2.45, 2.75) is 6.92 Å². The second-order valence-electron chi connectivity index (χ2n) is 4.24. The van der Waals surface area contributed by atoms with Crippen LogP contribution in [-0.4, -0.2) is 17.0 Å². The highest BCUT2D eigenvalue weighted by atomic mass is 35.5. The molecule has 9 heteroatoms. The fourth-order valence-corrected chi connectivity index (χ4v) is 3.04. The maximum absolute atomic E-state index is 6.26. The van der Waals surface area contributed by atoms with Crippen LogP contribution in [0, 0.1) is 6.92 Å². The zero-order valence-electron chi connectivity index (χ0n) is 11.1. The Morgan fingerprint density at radius 2 is 1.71 bits per heavy atom. The second-order valence-corrected chi connectivity index (χ2v) is 5.58. The summed E-state index contributed by atoms with van der Waals surface area (Å²) in [5, 5.41) is 7.08. The van der Waals surface area contributed by atoms with Crippen molar-refractivity contribution in [2.24, 2.45) is 8.73 Å². The predicted molar refractivity (Wildman–Crippen MR) is 87.6 cm³/mol. The van der Waals surface area contributed by atoms with E-state index in [1.807, 2.05) is 6.92 Å². The van der Waals surface area contributed by atoms with Crippen molar-refractivity contribution in [3.8, 4) is 0 Å². The molecule has 3 rings (SSSR count). The van der Waals surface area contributed by atoms with E-state index >= 15 is 0 Å². The summed E-state index contributed by atoms with van der Waals surface area (Å²) in [5.41, 5.74) is 1.87. The molecular weight excluding hydrogens is 331 g/mol. The van der Waals surface area contributed by atoms with Crippen LogP contribution in [0.5, 0.6) is 0 Å². The number of aromatic nitrogens is 2. The van der Waals surface area contributed by atoms with Gasteiger partial charge in [-0.15, -0.1) is 0 Å². The average Bonchev–Trinajstić information content (AvgIpc) is 2.92. The van der Waals surface area contributed by atoms with Gasteiger partial charge in [-0.25, -0.2) is 9.97 Å². The summed E-state index contributed by atoms with van der Waals surface area (Å²) in [6.45, 7) is 1.81. The first-order valence-corrected chi connectivity index (χ1v) is 7.48. The highest BCUT2D eigenvalue weighted by molar-refractivity contribution is 7.58. The van der Waals surface area contributed by atoms with Crippen molar-refractivity contribution in [3.63, 3.8) is 0 Å². The molecule has 2 heterocycles. The molecule has 2 N–H and O–H groups in total. The molecular formula is C12H10Cl2N6S. The molecule has 0 amide bonds. The summed E-state index contributed by atoms with van der Waals surface area (Å²) in [5.74, 6) is 1.97. The van der Waals surface area contributed by atoms with E-state index in [2.05, 4.69) is 29.3 Å². The molecule has 1 aromatic heterocycles. The van der Waals surface area contributed by atoms with Crippen LogP contribution >= 0.6 is 23.2 Å². The molecule has 21 heavy (non-hydrogen) atoms. The van der Waals surface area contributed by atoms with Crippen LogP contribution in [0.2, 0.25) is 10.0 Å². The fourth-order valence-electron chi connectivity index (χ4n) is 1.88. The van der Waals surface area contributed by atoms with Gasteiger partial charge >= 0.3 is 0 Å². The van der Waals surface area contributed by atoms with Crippen LogP contribution < -0.4 is 10.6 Å². The van der Waals surface area contributed by atoms with E-state index in [0.29, 0.717) is 44.6 Å². The first kappa shape index (κ1) is 14.2. The van der Waals surface area contributed by atoms with E-state index in [1.54, 1.807) is 19.2 Å². The molecule has 0 fully saturated rings. The van der Waals surface area contributed by atoms with Crippen molar-refractivity contribution in [1.82, 2.24) is 9.97 Å². The molecule has 0 aliphatic carbocycles. The van der Waals surface area contributed by atoms with Gasteiger partial charge in [0.05, 0.1) is 27.1 Å². The lowest BCUT2D eigenvalue weighted by molar-refractivity contribution is 1.06. The van der Waals surface area contributed by atoms with E-state index in [-0.39, 0.29) is 0 Å². The number of hydrogen-bond donors (Lipinski definition) is 2. The van der Waals surface area contributed by atoms with Crippen LogP contribution in [0.15, 0.2) is 20.9 Å². The van der Waals surface area contributed by atoms with Crippen molar-refractivity contribution in [1.29, 1.82) is 0 Å². The SMILES string of the molecule is CNc1cc(Nc2c(Cl)cc(Cl)c3c2N=S=N3)nc(C)n1. The first-order valence-electron chi connectivity index (χ1n) is 5.99. The second kappa shape index (κ2) is 5.59. The van der Waals surface area contributed by atoms with Gasteiger partial charge in [0.2, 0.25) is 0 Å². The molecule has 0 bridgehead atoms. The van der Waals surface area contributed by atoms with Gasteiger partial charge in [0.15, 0.2) is 0 Å². The van der Waals surface area contributed by atoms with Gasteiger partial charge in [-0.1, -0.05) is 23.2 Å². The number of fused-ring (bicyclic) bond motifs is 1. The molecule has 108 valence electrons. The highest BCUT2D eigenvalue weighted by Crippen LogP contribution is 2.48. The van der Waals surface area contributed by atoms with Gasteiger partial charge in [0, 0.05) is 13.1 Å². The topological polar surface area (TPSA) is 74.6 Å². The van der Waals surface area contributed by atoms with Crippen LogP contribution in [0.3, 0.4) is 0 Å². The number of benzene rings is 1. The van der Waals surface area contributed by atoms with Crippen molar-refractivity contribution in [3.05, 3.63) is 28.0 Å². The summed E-state index contributed by atoms with van der Waals surface area (Å²) in [6, 6.07) is 3.42. The molecule has 0 spiro atoms. The maximum Gasteiger partial charge on any atom is 0.136 e. The third kappa shape index (κ3) is 2.72. The smallest absolute Gasteiger partial charge is 0.136 e. The zero-order chi connectivity index (χ0) is 15.0. The Balaban J connectivity index is 2.06. The number of nitrogens with zero attached hydrogens (tertiary/aromatic N) is 4. The first-order chi connectivity index (χ1) is 10.1. The Morgan fingerprint density at radius 3 is 2.48 bits per heavy atom. The minimum absolute atomic E-state index is 0.461. The van der Waals surface area contributed by atoms with E-state index < -0.39 is 0 Å². The lowest BCUT2D eigenvalue weighted by Crippen LogP contribution is -2.01. The number of halogens is 2. The molecule has 0 atom stereocenters. The predicted octanol–water partition coefficient (Wildman–Crippen LogP) is 4.60. The Labute approximate surface area is 134 Å². The third-order valence-corrected chi connectivity index (χ3v) is 3.91. The molecule has 1 aliphatic heterocycles. The van der Waals surface area contributed by atoms with Gasteiger partial charge in [0.25, 0.3) is 0 Å². The number of aryl methyl sites for hydroxylation is 1. The zero-order valence-corrected chi connectivity index (χ0v) is 13.4. The van der Waals surface area contributed by atoms with Crippen molar-refractivity contribution < 1.29 is 0 Å². The number of anilines is 3. The molecule has 1 aromatic carbocycles. The van der Waals surface area contributed by atoms with Gasteiger partial charge < -0.3 is 10.6 Å². The normalized spacial score (nSPS) is 12.0. The van der Waals surface area contributed by atoms with E-state index in [9.17, 15) is 0 Å². The number of rotatable bonds is 3. The monoisotopic (exact) mass is 340 g/mol. The summed E-state index contributed by atoms with van der Waals surface area (Å²) in [6.07, 6.45) is 0. The van der Waals surface area contributed by atoms with Gasteiger partial charge in [0.1, 0.15) is 28.8 Å². The van der Waals surface area contributed by atoms with Crippen LogP contribution in [0.4, 0.5) is 28.7 Å². The molecule has 0 radical (unpaired) electrons. The molecule has 0 saturated carbocycles. The highest BCUT2D eigenvalue weighted by Gasteiger charge is 2.19. The maximum atomic E-state index is 6.26. The molecule has 2 aromatic rings. The summed E-state index contributed by atoms with van der Waals surface area (Å²) >= 11 is 13.5. The minimum Gasteiger partial charge on any atom is -0.373 e. The quantitative estimate of drug-likeness (QED) is 0.730. The molecule has 1 aliphatic rings. The van der Waals surface area contributed by atoms with Crippen LogP contribution in [-0.2, 0) is 11.4 Å². The average molecular weight is 341 g/mol. The summed E-state index contributed by atoms with van der Waals surface area (Å²) < 4.78 is 8.41. The van der Waals surface area contributed by atoms with E-state index in [0.717, 1.165) is 11.4 Å². The van der Waals surface area contributed by atoms with Crippen LogP contribution in [0.1, 0.15) is 5.82 Å². The lowest BCUT2D eigenvalue weighted by atomic mass is 10.2. The number of nitrogens with one attached hydrogen (secondary N) is 2. The largest absolute Gasteiger partial charge is 0.373 e. The molecule has 0 unspecified atom stereocenters. The van der Waals surface area contributed by atoms with Crippen molar-refractivity contribution in [2.75, 3.05) is 17.7 Å². The summed E-state index contributed by atoms with van der Waals surface area (Å²) in [4.78, 5) is 8.57. The third-order valence-electron chi connectivity index (χ3n) is 2.79. The van der Waals surface area contributed by atoms with E-state index in [1.165, 1.54) is 0 Å².